The van der Waals surface area contributed by atoms with E-state index in [4.69, 9.17) is 9.40 Å². The van der Waals surface area contributed by atoms with Crippen LogP contribution in [0.1, 0.15) is 59.0 Å². The van der Waals surface area contributed by atoms with Gasteiger partial charge in [-0.1, -0.05) is 80.6 Å². The van der Waals surface area contributed by atoms with Gasteiger partial charge in [0.25, 0.3) is 0 Å². The minimum Gasteiger partial charge on any atom is -0.500 e. The number of furan rings is 1. The molecule has 0 atom stereocenters. The van der Waals surface area contributed by atoms with Crippen LogP contribution < -0.4 is 0 Å². The van der Waals surface area contributed by atoms with E-state index in [1.807, 2.05) is 24.5 Å². The molecule has 0 fully saturated rings. The Balaban J connectivity index is 0.000000236. The molecule has 4 aromatic carbocycles. The molecule has 4 aromatic heterocycles. The molecule has 0 aliphatic carbocycles. The number of aryl methyl sites for hydroxylation is 6. The Labute approximate surface area is 319 Å². The molecule has 0 bridgehead atoms. The zero-order chi connectivity index (χ0) is 35.3. The summed E-state index contributed by atoms with van der Waals surface area (Å²) >= 11 is 1.80. The van der Waals surface area contributed by atoms with Crippen LogP contribution in [0.15, 0.2) is 95.7 Å². The number of nitrogens with zero attached hydrogens (tertiary/aromatic N) is 2. The van der Waals surface area contributed by atoms with E-state index in [9.17, 15) is 0 Å². The third kappa shape index (κ3) is 7.08. The number of aromatic nitrogens is 2. The Morgan fingerprint density at radius 3 is 2.08 bits per heavy atom. The topological polar surface area (TPSA) is 38.9 Å². The molecule has 259 valence electrons. The molecule has 1 radical (unpaired) electrons. The van der Waals surface area contributed by atoms with Crippen molar-refractivity contribution >= 4 is 43.4 Å². The summed E-state index contributed by atoms with van der Waals surface area (Å²) in [5, 5.41) is 3.43. The molecule has 0 aliphatic heterocycles. The zero-order valence-electron chi connectivity index (χ0n) is 30.7. The Kier molecular flexibility index (Phi) is 10.2. The van der Waals surface area contributed by atoms with Crippen LogP contribution in [0, 0.1) is 53.7 Å². The summed E-state index contributed by atoms with van der Waals surface area (Å²) < 4.78 is 7.83. The van der Waals surface area contributed by atoms with E-state index >= 15 is 0 Å². The van der Waals surface area contributed by atoms with Gasteiger partial charge in [0, 0.05) is 58.4 Å². The molecule has 0 amide bonds. The van der Waals surface area contributed by atoms with Crippen molar-refractivity contribution in [2.24, 2.45) is 0 Å². The van der Waals surface area contributed by atoms with E-state index in [1.54, 1.807) is 11.3 Å². The SMILES string of the molecule is Cc1c[c-]c(-c2cc(C)c(C)cn2)cc1.Cc1cc2c(ccc3c4cc[c-]c(-c5cc(C(C)(C)C)c(-c6c(C)cccc6C)cn5)c4oc23)s1.[Ir]. The number of hydrogen-bond acceptors (Lipinski definition) is 4. The molecule has 8 rings (SSSR count). The van der Waals surface area contributed by atoms with Gasteiger partial charge in [0.05, 0.1) is 5.58 Å². The number of benzene rings is 4. The van der Waals surface area contributed by atoms with Crippen LogP contribution in [0.5, 0.6) is 0 Å². The van der Waals surface area contributed by atoms with E-state index in [2.05, 4.69) is 146 Å². The molecule has 0 N–H and O–H groups in total. The minimum absolute atomic E-state index is 0. The molecule has 0 unspecified atom stereocenters. The van der Waals surface area contributed by atoms with Crippen LogP contribution in [-0.4, -0.2) is 9.97 Å². The average Bonchev–Trinajstić information content (AvgIpc) is 3.66. The van der Waals surface area contributed by atoms with Crippen LogP contribution in [0.2, 0.25) is 0 Å². The van der Waals surface area contributed by atoms with Gasteiger partial charge in [0.15, 0.2) is 0 Å². The van der Waals surface area contributed by atoms with E-state index in [0.29, 0.717) is 0 Å². The van der Waals surface area contributed by atoms with Gasteiger partial charge < -0.3 is 14.4 Å². The fourth-order valence-electron chi connectivity index (χ4n) is 6.71. The number of hydrogen-bond donors (Lipinski definition) is 0. The van der Waals surface area contributed by atoms with Crippen LogP contribution in [0.4, 0.5) is 0 Å². The van der Waals surface area contributed by atoms with Crippen molar-refractivity contribution in [3.8, 4) is 33.6 Å². The van der Waals surface area contributed by atoms with Crippen molar-refractivity contribution in [3.05, 3.63) is 142 Å². The Bertz CT molecular complexity index is 2510. The largest absolute Gasteiger partial charge is 0.500 e. The molecule has 5 heteroatoms. The number of rotatable bonds is 3. The predicted molar refractivity (Wildman–Crippen MR) is 212 cm³/mol. The second-order valence-electron chi connectivity index (χ2n) is 14.5. The number of fused-ring (bicyclic) bond motifs is 5. The van der Waals surface area contributed by atoms with Crippen molar-refractivity contribution in [1.29, 1.82) is 0 Å². The predicted octanol–water partition coefficient (Wildman–Crippen LogP) is 13.0. The van der Waals surface area contributed by atoms with Crippen LogP contribution >= 0.6 is 11.3 Å². The maximum atomic E-state index is 6.58. The summed E-state index contributed by atoms with van der Waals surface area (Å²) in [7, 11) is 0. The second kappa shape index (κ2) is 14.3. The maximum absolute atomic E-state index is 6.58. The normalized spacial score (nSPS) is 11.5. The van der Waals surface area contributed by atoms with Crippen LogP contribution in [0.25, 0.3) is 65.7 Å². The first-order valence-electron chi connectivity index (χ1n) is 17.1. The minimum atomic E-state index is -0.0517. The van der Waals surface area contributed by atoms with Crippen LogP contribution in [-0.2, 0) is 25.5 Å². The smallest absolute Gasteiger partial charge is 0.129 e. The zero-order valence-corrected chi connectivity index (χ0v) is 33.9. The second-order valence-corrected chi connectivity index (χ2v) is 15.8. The first kappa shape index (κ1) is 36.4. The van der Waals surface area contributed by atoms with Crippen molar-refractivity contribution in [2.75, 3.05) is 0 Å². The molecular weight excluding hydrogens is 821 g/mol. The summed E-state index contributed by atoms with van der Waals surface area (Å²) in [4.78, 5) is 10.7. The van der Waals surface area contributed by atoms with Gasteiger partial charge in [-0.25, -0.2) is 0 Å². The maximum Gasteiger partial charge on any atom is 0.129 e. The quantitative estimate of drug-likeness (QED) is 0.166. The van der Waals surface area contributed by atoms with Crippen molar-refractivity contribution in [3.63, 3.8) is 0 Å². The van der Waals surface area contributed by atoms with Gasteiger partial charge in [0.1, 0.15) is 5.58 Å². The van der Waals surface area contributed by atoms with Crippen molar-refractivity contribution < 1.29 is 24.5 Å². The number of pyridine rings is 2. The summed E-state index contributed by atoms with van der Waals surface area (Å²) in [5.74, 6) is 0. The van der Waals surface area contributed by atoms with E-state index < -0.39 is 0 Å². The van der Waals surface area contributed by atoms with Gasteiger partial charge in [-0.3, -0.25) is 0 Å². The third-order valence-electron chi connectivity index (χ3n) is 9.55. The van der Waals surface area contributed by atoms with Gasteiger partial charge >= 0.3 is 0 Å². The van der Waals surface area contributed by atoms with E-state index in [1.165, 1.54) is 59.5 Å². The molecule has 0 saturated heterocycles. The van der Waals surface area contributed by atoms with E-state index in [0.717, 1.165) is 44.5 Å². The molecule has 8 aromatic rings. The summed E-state index contributed by atoms with van der Waals surface area (Å²) in [6, 6.07) is 34.4. The first-order valence-corrected chi connectivity index (χ1v) is 18.0. The Morgan fingerprint density at radius 1 is 0.667 bits per heavy atom. The molecule has 0 saturated carbocycles. The number of thiophene rings is 1. The van der Waals surface area contributed by atoms with Gasteiger partial charge in [-0.15, -0.1) is 64.9 Å². The molecule has 51 heavy (non-hydrogen) atoms. The Hall–Kier alpha value is -4.41. The first-order chi connectivity index (χ1) is 23.9. The van der Waals surface area contributed by atoms with Crippen LogP contribution in [0.3, 0.4) is 0 Å². The standard InChI is InChI=1S/C32H28NOS.C14H14N.Ir/c1-18-9-7-10-19(2)29(18)25-17-33-27(16-26(25)32(4,5)6)23-12-8-11-21-22-13-14-28-24(15-20(3)35-28)31(22)34-30(21)23;1-10-4-6-13(7-5-10)14-8-11(2)12(3)9-15-14;/h7-11,13-17H,1-6H3;4-6,8-9H,1-3H3;/q2*-1;. The fraction of sp³-hybridized carbons (Fsp3) is 0.217. The summed E-state index contributed by atoms with van der Waals surface area (Å²) in [6.07, 6.45) is 3.96. The van der Waals surface area contributed by atoms with Crippen molar-refractivity contribution in [1.82, 2.24) is 9.97 Å². The van der Waals surface area contributed by atoms with Gasteiger partial charge in [-0.05, 0) is 91.4 Å². The molecule has 0 aliphatic rings. The van der Waals surface area contributed by atoms with Gasteiger partial charge in [0.2, 0.25) is 0 Å². The average molecular weight is 863 g/mol. The summed E-state index contributed by atoms with van der Waals surface area (Å²) in [5.41, 5.74) is 15.6. The molecular formula is C46H42IrN2OS-2. The molecule has 3 nitrogen and oxygen atoms in total. The molecule has 4 heterocycles. The third-order valence-corrected chi connectivity index (χ3v) is 10.6. The summed E-state index contributed by atoms with van der Waals surface area (Å²) in [6.45, 7) is 19.6. The Morgan fingerprint density at radius 2 is 1.39 bits per heavy atom. The van der Waals surface area contributed by atoms with E-state index in [-0.39, 0.29) is 25.5 Å². The molecule has 0 spiro atoms. The monoisotopic (exact) mass is 863 g/mol. The fourth-order valence-corrected chi connectivity index (χ4v) is 7.64. The van der Waals surface area contributed by atoms with Crippen molar-refractivity contribution in [2.45, 2.75) is 67.7 Å². The van der Waals surface area contributed by atoms with Gasteiger partial charge in [-0.2, -0.15) is 0 Å².